The first-order chi connectivity index (χ1) is 7.29. The van der Waals surface area contributed by atoms with Gasteiger partial charge in [-0.2, -0.15) is 0 Å². The normalized spacial score (nSPS) is 10.6. The van der Waals surface area contributed by atoms with Crippen molar-refractivity contribution in [2.75, 3.05) is 0 Å². The van der Waals surface area contributed by atoms with Crippen molar-refractivity contribution < 1.29 is 4.79 Å². The molecule has 1 aromatic heterocycles. The lowest BCUT2D eigenvalue weighted by molar-refractivity contribution is 0.0899. The van der Waals surface area contributed by atoms with Gasteiger partial charge < -0.3 is 0 Å². The summed E-state index contributed by atoms with van der Waals surface area (Å²) in [5.74, 6) is 0.370. The predicted molar refractivity (Wildman–Crippen MR) is 61.9 cm³/mol. The molecule has 0 bridgehead atoms. The van der Waals surface area contributed by atoms with Gasteiger partial charge in [0.1, 0.15) is 5.69 Å². The molecule has 0 amide bonds. The maximum Gasteiger partial charge on any atom is 0.184 e. The molecular formula is C13H19NO. The lowest BCUT2D eigenvalue weighted by Gasteiger charge is -2.12. The topological polar surface area (TPSA) is 30.0 Å². The molecule has 0 saturated heterocycles. The van der Waals surface area contributed by atoms with E-state index >= 15 is 0 Å². The highest BCUT2D eigenvalue weighted by Gasteiger charge is 2.18. The van der Waals surface area contributed by atoms with Crippen molar-refractivity contribution >= 4 is 5.78 Å². The van der Waals surface area contributed by atoms with Crippen molar-refractivity contribution in [2.24, 2.45) is 5.92 Å². The van der Waals surface area contributed by atoms with E-state index in [0.29, 0.717) is 5.69 Å². The minimum absolute atomic E-state index is 0.162. The van der Waals surface area contributed by atoms with E-state index < -0.39 is 0 Å². The van der Waals surface area contributed by atoms with Crippen LogP contribution in [0.3, 0.4) is 0 Å². The first-order valence-electron chi connectivity index (χ1n) is 5.74. The van der Waals surface area contributed by atoms with Crippen LogP contribution in [0.5, 0.6) is 0 Å². The third-order valence-electron chi connectivity index (χ3n) is 2.56. The molecule has 1 aromatic rings. The molecular weight excluding hydrogens is 186 g/mol. The van der Waals surface area contributed by atoms with Crippen LogP contribution in [0.2, 0.25) is 0 Å². The Morgan fingerprint density at radius 3 is 2.40 bits per heavy atom. The lowest BCUT2D eigenvalue weighted by atomic mass is 9.92. The highest BCUT2D eigenvalue weighted by molar-refractivity contribution is 5.95. The molecule has 1 rings (SSSR count). The molecule has 0 aliphatic carbocycles. The highest BCUT2D eigenvalue weighted by Crippen LogP contribution is 2.18. The van der Waals surface area contributed by atoms with Gasteiger partial charge in [0.05, 0.1) is 0 Å². The van der Waals surface area contributed by atoms with Crippen LogP contribution in [-0.2, 0) is 0 Å². The number of ketones is 1. The summed E-state index contributed by atoms with van der Waals surface area (Å²) >= 11 is 0. The number of aromatic nitrogens is 1. The molecule has 0 unspecified atom stereocenters. The van der Waals surface area contributed by atoms with E-state index in [1.807, 2.05) is 12.1 Å². The summed E-state index contributed by atoms with van der Waals surface area (Å²) in [4.78, 5) is 16.2. The van der Waals surface area contributed by atoms with Crippen LogP contribution in [-0.4, -0.2) is 10.8 Å². The number of rotatable bonds is 6. The summed E-state index contributed by atoms with van der Waals surface area (Å²) in [6.07, 6.45) is 5.75. The van der Waals surface area contributed by atoms with E-state index in [9.17, 15) is 4.79 Å². The fraction of sp³-hybridized carbons (Fsp3) is 0.538. The van der Waals surface area contributed by atoms with Crippen LogP contribution in [0.25, 0.3) is 0 Å². The van der Waals surface area contributed by atoms with Gasteiger partial charge in [-0.1, -0.05) is 32.8 Å². The number of nitrogens with zero attached hydrogens (tertiary/aromatic N) is 1. The minimum Gasteiger partial charge on any atom is -0.292 e. The van der Waals surface area contributed by atoms with Crippen LogP contribution >= 0.6 is 0 Å². The van der Waals surface area contributed by atoms with Gasteiger partial charge in [-0.3, -0.25) is 9.78 Å². The van der Waals surface area contributed by atoms with Gasteiger partial charge in [0.15, 0.2) is 5.78 Å². The molecule has 15 heavy (non-hydrogen) atoms. The quantitative estimate of drug-likeness (QED) is 0.665. The van der Waals surface area contributed by atoms with Crippen LogP contribution in [0.15, 0.2) is 24.4 Å². The molecule has 1 heterocycles. The highest BCUT2D eigenvalue weighted by atomic mass is 16.1. The zero-order valence-electron chi connectivity index (χ0n) is 9.57. The van der Waals surface area contributed by atoms with Crippen LogP contribution in [0.4, 0.5) is 0 Å². The standard InChI is InChI=1S/C13H19NO/c1-3-7-11(8-4-2)13(15)12-9-5-6-10-14-12/h5-6,9-11H,3-4,7-8H2,1-2H3. The zero-order valence-corrected chi connectivity index (χ0v) is 9.57. The number of Topliss-reactive ketones (excluding diaryl/α,β-unsaturated/α-hetero) is 1. The number of carbonyl (C=O) groups is 1. The van der Waals surface area contributed by atoms with Gasteiger partial charge in [0.25, 0.3) is 0 Å². The third kappa shape index (κ3) is 3.46. The first kappa shape index (κ1) is 11.9. The van der Waals surface area contributed by atoms with Crippen molar-refractivity contribution in [3.63, 3.8) is 0 Å². The first-order valence-corrected chi connectivity index (χ1v) is 5.74. The van der Waals surface area contributed by atoms with E-state index in [0.717, 1.165) is 25.7 Å². The Morgan fingerprint density at radius 1 is 1.27 bits per heavy atom. The summed E-state index contributed by atoms with van der Waals surface area (Å²) in [6, 6.07) is 5.52. The average molecular weight is 205 g/mol. The Labute approximate surface area is 91.7 Å². The van der Waals surface area contributed by atoms with Crippen molar-refractivity contribution in [3.05, 3.63) is 30.1 Å². The van der Waals surface area contributed by atoms with Gasteiger partial charge in [0.2, 0.25) is 0 Å². The van der Waals surface area contributed by atoms with Gasteiger partial charge in [-0.25, -0.2) is 0 Å². The van der Waals surface area contributed by atoms with E-state index in [-0.39, 0.29) is 11.7 Å². The summed E-state index contributed by atoms with van der Waals surface area (Å²) in [5, 5.41) is 0. The minimum atomic E-state index is 0.162. The summed E-state index contributed by atoms with van der Waals surface area (Å²) in [6.45, 7) is 4.24. The Hall–Kier alpha value is -1.18. The van der Waals surface area contributed by atoms with Crippen molar-refractivity contribution in [1.29, 1.82) is 0 Å². The summed E-state index contributed by atoms with van der Waals surface area (Å²) in [7, 11) is 0. The molecule has 2 heteroatoms. The molecule has 0 aliphatic heterocycles. The fourth-order valence-electron chi connectivity index (χ4n) is 1.82. The second-order valence-electron chi connectivity index (χ2n) is 3.85. The smallest absolute Gasteiger partial charge is 0.184 e. The molecule has 0 atom stereocenters. The summed E-state index contributed by atoms with van der Waals surface area (Å²) < 4.78 is 0. The fourth-order valence-corrected chi connectivity index (χ4v) is 1.82. The van der Waals surface area contributed by atoms with Crippen LogP contribution in [0.1, 0.15) is 50.0 Å². The maximum absolute atomic E-state index is 12.1. The number of pyridine rings is 1. The summed E-state index contributed by atoms with van der Waals surface area (Å²) in [5.41, 5.74) is 0.615. The van der Waals surface area contributed by atoms with Crippen molar-refractivity contribution in [2.45, 2.75) is 39.5 Å². The Balaban J connectivity index is 2.71. The second-order valence-corrected chi connectivity index (χ2v) is 3.85. The molecule has 82 valence electrons. The Kier molecular flexibility index (Phi) is 5.02. The molecule has 0 fully saturated rings. The third-order valence-corrected chi connectivity index (χ3v) is 2.56. The largest absolute Gasteiger partial charge is 0.292 e. The monoisotopic (exact) mass is 205 g/mol. The van der Waals surface area contributed by atoms with E-state index in [4.69, 9.17) is 0 Å². The Morgan fingerprint density at radius 2 is 1.93 bits per heavy atom. The molecule has 2 nitrogen and oxygen atoms in total. The lowest BCUT2D eigenvalue weighted by Crippen LogP contribution is -2.15. The number of hydrogen-bond acceptors (Lipinski definition) is 2. The van der Waals surface area contributed by atoms with E-state index in [1.165, 1.54) is 0 Å². The Bertz CT molecular complexity index is 289. The molecule has 0 saturated carbocycles. The van der Waals surface area contributed by atoms with Crippen LogP contribution < -0.4 is 0 Å². The average Bonchev–Trinajstić information content (AvgIpc) is 2.29. The number of hydrogen-bond donors (Lipinski definition) is 0. The van der Waals surface area contributed by atoms with Gasteiger partial charge in [-0.05, 0) is 25.0 Å². The number of carbonyl (C=O) groups excluding carboxylic acids is 1. The van der Waals surface area contributed by atoms with E-state index in [1.54, 1.807) is 12.3 Å². The van der Waals surface area contributed by atoms with E-state index in [2.05, 4.69) is 18.8 Å². The second kappa shape index (κ2) is 6.33. The molecule has 0 N–H and O–H groups in total. The maximum atomic E-state index is 12.1. The van der Waals surface area contributed by atoms with Crippen molar-refractivity contribution in [1.82, 2.24) is 4.98 Å². The van der Waals surface area contributed by atoms with Gasteiger partial charge >= 0.3 is 0 Å². The molecule has 0 radical (unpaired) electrons. The van der Waals surface area contributed by atoms with Gasteiger partial charge in [0, 0.05) is 12.1 Å². The predicted octanol–water partition coefficient (Wildman–Crippen LogP) is 3.48. The molecule has 0 aromatic carbocycles. The molecule has 0 aliphatic rings. The van der Waals surface area contributed by atoms with Crippen molar-refractivity contribution in [3.8, 4) is 0 Å². The molecule has 0 spiro atoms. The SMILES string of the molecule is CCCC(CCC)C(=O)c1ccccn1. The zero-order chi connectivity index (χ0) is 11.1. The van der Waals surface area contributed by atoms with Gasteiger partial charge in [-0.15, -0.1) is 0 Å². The van der Waals surface area contributed by atoms with Crippen LogP contribution in [0, 0.1) is 5.92 Å².